The van der Waals surface area contributed by atoms with Crippen LogP contribution in [0.1, 0.15) is 33.6 Å². The zero-order chi connectivity index (χ0) is 18.8. The highest BCUT2D eigenvalue weighted by molar-refractivity contribution is 6.07. The molecule has 0 atom stereocenters. The van der Waals surface area contributed by atoms with E-state index in [4.69, 9.17) is 5.26 Å². The minimum atomic E-state index is -0.341. The van der Waals surface area contributed by atoms with Gasteiger partial charge >= 0.3 is 0 Å². The van der Waals surface area contributed by atoms with E-state index in [-0.39, 0.29) is 18.1 Å². The predicted octanol–water partition coefficient (Wildman–Crippen LogP) is 4.79. The summed E-state index contributed by atoms with van der Waals surface area (Å²) in [6, 6.07) is 12.4. The van der Waals surface area contributed by atoms with E-state index < -0.39 is 0 Å². The number of carbonyl (C=O) groups excluding carboxylic acids is 1. The van der Waals surface area contributed by atoms with Gasteiger partial charge in [0.1, 0.15) is 11.5 Å². The molecule has 0 fully saturated rings. The van der Waals surface area contributed by atoms with E-state index in [9.17, 15) is 9.18 Å². The normalized spacial score (nSPS) is 10.7. The molecule has 4 nitrogen and oxygen atoms in total. The highest BCUT2D eigenvalue weighted by Gasteiger charge is 2.20. The van der Waals surface area contributed by atoms with Gasteiger partial charge < -0.3 is 9.88 Å². The summed E-state index contributed by atoms with van der Waals surface area (Å²) < 4.78 is 13.6. The number of nitrogens with one attached hydrogen (secondary N) is 1. The lowest BCUT2D eigenvalue weighted by Crippen LogP contribution is -2.32. The molecule has 0 bridgehead atoms. The molecule has 2 aromatic carbocycles. The molecular weight excluding hydrogens is 329 g/mol. The maximum Gasteiger partial charge on any atom is 0.274 e. The van der Waals surface area contributed by atoms with Crippen molar-refractivity contribution in [2.45, 2.75) is 27.2 Å². The van der Waals surface area contributed by atoms with Crippen LogP contribution in [-0.4, -0.2) is 17.4 Å². The number of hydrogen-bond acceptors (Lipinski definition) is 2. The number of anilines is 1. The highest BCUT2D eigenvalue weighted by Crippen LogP contribution is 2.25. The van der Waals surface area contributed by atoms with Gasteiger partial charge in [0.25, 0.3) is 5.91 Å². The molecule has 0 radical (unpaired) electrons. The minimum Gasteiger partial charge on any atom is -0.350 e. The number of benzene rings is 2. The Morgan fingerprint density at radius 1 is 1.12 bits per heavy atom. The molecular formula is C21H20FN3O. The summed E-state index contributed by atoms with van der Waals surface area (Å²) in [7, 11) is 0. The van der Waals surface area contributed by atoms with E-state index in [0.29, 0.717) is 17.8 Å². The van der Waals surface area contributed by atoms with Gasteiger partial charge in [-0.3, -0.25) is 4.79 Å². The molecule has 0 spiro atoms. The SMILES string of the molecule is Cc1ccc(N(CCC#N)C(=O)c2cc3c(C)cc(F)cc3[nH]2)cc1C. The zero-order valence-corrected chi connectivity index (χ0v) is 15.1. The Labute approximate surface area is 151 Å². The molecule has 0 aliphatic rings. The zero-order valence-electron chi connectivity index (χ0n) is 15.1. The lowest BCUT2D eigenvalue weighted by atomic mass is 10.1. The van der Waals surface area contributed by atoms with Crippen LogP contribution in [0.4, 0.5) is 10.1 Å². The lowest BCUT2D eigenvalue weighted by molar-refractivity contribution is 0.0983. The topological polar surface area (TPSA) is 59.9 Å². The summed E-state index contributed by atoms with van der Waals surface area (Å²) in [4.78, 5) is 17.7. The third kappa shape index (κ3) is 3.31. The molecule has 3 rings (SSSR count). The Kier molecular flexibility index (Phi) is 4.77. The van der Waals surface area contributed by atoms with E-state index in [0.717, 1.165) is 27.8 Å². The van der Waals surface area contributed by atoms with Gasteiger partial charge in [-0.1, -0.05) is 6.07 Å². The molecule has 26 heavy (non-hydrogen) atoms. The van der Waals surface area contributed by atoms with Crippen molar-refractivity contribution in [3.8, 4) is 6.07 Å². The monoisotopic (exact) mass is 349 g/mol. The van der Waals surface area contributed by atoms with E-state index in [1.807, 2.05) is 39.0 Å². The number of aryl methyl sites for hydroxylation is 3. The van der Waals surface area contributed by atoms with Crippen molar-refractivity contribution < 1.29 is 9.18 Å². The Morgan fingerprint density at radius 2 is 1.88 bits per heavy atom. The number of H-pyrrole nitrogens is 1. The van der Waals surface area contributed by atoms with Crippen LogP contribution in [0.15, 0.2) is 36.4 Å². The third-order valence-electron chi connectivity index (χ3n) is 4.63. The van der Waals surface area contributed by atoms with Gasteiger partial charge in [0.15, 0.2) is 0 Å². The first-order valence-corrected chi connectivity index (χ1v) is 8.45. The second-order valence-electron chi connectivity index (χ2n) is 6.50. The van der Waals surface area contributed by atoms with Crippen molar-refractivity contribution in [2.24, 2.45) is 0 Å². The average Bonchev–Trinajstić information content (AvgIpc) is 3.02. The largest absolute Gasteiger partial charge is 0.350 e. The van der Waals surface area contributed by atoms with Gasteiger partial charge in [-0.05, 0) is 67.8 Å². The van der Waals surface area contributed by atoms with Crippen LogP contribution >= 0.6 is 0 Å². The number of nitrogens with zero attached hydrogens (tertiary/aromatic N) is 2. The number of carbonyl (C=O) groups is 1. The number of hydrogen-bond donors (Lipinski definition) is 1. The van der Waals surface area contributed by atoms with E-state index in [1.54, 1.807) is 11.0 Å². The number of halogens is 1. The second kappa shape index (κ2) is 7.01. The summed E-state index contributed by atoms with van der Waals surface area (Å²) in [5.41, 5.74) is 4.70. The first-order valence-electron chi connectivity index (χ1n) is 8.45. The van der Waals surface area contributed by atoms with Gasteiger partial charge in [0, 0.05) is 23.1 Å². The fourth-order valence-corrected chi connectivity index (χ4v) is 3.04. The van der Waals surface area contributed by atoms with Crippen molar-refractivity contribution in [1.82, 2.24) is 4.98 Å². The minimum absolute atomic E-state index is 0.229. The number of aromatic nitrogens is 1. The molecule has 0 aliphatic carbocycles. The summed E-state index contributed by atoms with van der Waals surface area (Å²) in [6.45, 7) is 6.10. The van der Waals surface area contributed by atoms with Crippen molar-refractivity contribution in [2.75, 3.05) is 11.4 Å². The molecule has 3 aromatic rings. The van der Waals surface area contributed by atoms with Crippen LogP contribution in [0.25, 0.3) is 10.9 Å². The Bertz CT molecular complexity index is 1030. The van der Waals surface area contributed by atoms with Crippen molar-refractivity contribution in [3.63, 3.8) is 0 Å². The molecule has 1 amide bonds. The first-order chi connectivity index (χ1) is 12.4. The van der Waals surface area contributed by atoms with Gasteiger partial charge in [-0.2, -0.15) is 5.26 Å². The fraction of sp³-hybridized carbons (Fsp3) is 0.238. The number of amides is 1. The number of fused-ring (bicyclic) bond motifs is 1. The third-order valence-corrected chi connectivity index (χ3v) is 4.63. The predicted molar refractivity (Wildman–Crippen MR) is 101 cm³/mol. The maximum absolute atomic E-state index is 13.6. The summed E-state index contributed by atoms with van der Waals surface area (Å²) in [5, 5.41) is 9.77. The average molecular weight is 349 g/mol. The van der Waals surface area contributed by atoms with Gasteiger partial charge in [-0.15, -0.1) is 0 Å². The molecule has 0 saturated heterocycles. The van der Waals surface area contributed by atoms with Gasteiger partial charge in [0.05, 0.1) is 12.5 Å². The Balaban J connectivity index is 2.03. The maximum atomic E-state index is 13.6. The molecule has 132 valence electrons. The molecule has 1 heterocycles. The van der Waals surface area contributed by atoms with Crippen LogP contribution < -0.4 is 4.90 Å². The number of rotatable bonds is 4. The summed E-state index contributed by atoms with van der Waals surface area (Å²) in [6.07, 6.45) is 0.229. The number of aromatic amines is 1. The quantitative estimate of drug-likeness (QED) is 0.736. The Morgan fingerprint density at radius 3 is 2.58 bits per heavy atom. The van der Waals surface area contributed by atoms with E-state index in [2.05, 4.69) is 11.1 Å². The van der Waals surface area contributed by atoms with Crippen LogP contribution in [-0.2, 0) is 0 Å². The second-order valence-corrected chi connectivity index (χ2v) is 6.50. The smallest absolute Gasteiger partial charge is 0.274 e. The van der Waals surface area contributed by atoms with Crippen molar-refractivity contribution in [3.05, 3.63) is 64.6 Å². The van der Waals surface area contributed by atoms with Crippen LogP contribution in [0.3, 0.4) is 0 Å². The van der Waals surface area contributed by atoms with Gasteiger partial charge in [0.2, 0.25) is 0 Å². The fourth-order valence-electron chi connectivity index (χ4n) is 3.04. The molecule has 0 aliphatic heterocycles. The van der Waals surface area contributed by atoms with Crippen molar-refractivity contribution >= 4 is 22.5 Å². The number of nitriles is 1. The van der Waals surface area contributed by atoms with Crippen LogP contribution in [0.5, 0.6) is 0 Å². The summed E-state index contributed by atoms with van der Waals surface area (Å²) >= 11 is 0. The standard InChI is InChI=1S/C21H20FN3O/c1-13-5-6-17(10-14(13)2)25(8-4-7-23)21(26)20-12-18-15(3)9-16(22)11-19(18)24-20/h5-6,9-12,24H,4,8H2,1-3H3. The van der Waals surface area contributed by atoms with Gasteiger partial charge in [-0.25, -0.2) is 4.39 Å². The van der Waals surface area contributed by atoms with E-state index in [1.165, 1.54) is 12.1 Å². The van der Waals surface area contributed by atoms with E-state index >= 15 is 0 Å². The molecule has 1 aromatic heterocycles. The highest BCUT2D eigenvalue weighted by atomic mass is 19.1. The lowest BCUT2D eigenvalue weighted by Gasteiger charge is -2.22. The molecule has 1 N–H and O–H groups in total. The van der Waals surface area contributed by atoms with Crippen LogP contribution in [0.2, 0.25) is 0 Å². The molecule has 5 heteroatoms. The molecule has 0 unspecified atom stereocenters. The first kappa shape index (κ1) is 17.7. The Hall–Kier alpha value is -3.13. The van der Waals surface area contributed by atoms with Crippen molar-refractivity contribution in [1.29, 1.82) is 5.26 Å². The molecule has 0 saturated carbocycles. The summed E-state index contributed by atoms with van der Waals surface area (Å²) in [5.74, 6) is -0.578. The van der Waals surface area contributed by atoms with Crippen LogP contribution in [0, 0.1) is 37.9 Å².